The SMILES string of the molecule is O=C(O)CCN1CCN(C(=O)c2ccc(Cc3ccccc3)cc2)CC1. The smallest absolute Gasteiger partial charge is 0.304 e. The number of carboxylic acid groups (broad SMARTS) is 1. The van der Waals surface area contributed by atoms with Gasteiger partial charge in [0.15, 0.2) is 0 Å². The summed E-state index contributed by atoms with van der Waals surface area (Å²) in [5.74, 6) is -0.728. The molecule has 1 heterocycles. The van der Waals surface area contributed by atoms with Crippen molar-refractivity contribution in [2.75, 3.05) is 32.7 Å². The molecule has 2 aromatic rings. The van der Waals surface area contributed by atoms with Crippen LogP contribution in [0.4, 0.5) is 0 Å². The molecule has 1 amide bonds. The molecule has 0 saturated carbocycles. The van der Waals surface area contributed by atoms with Crippen LogP contribution >= 0.6 is 0 Å². The maximum atomic E-state index is 12.7. The molecule has 5 heteroatoms. The van der Waals surface area contributed by atoms with Gasteiger partial charge in [-0.1, -0.05) is 42.5 Å². The number of hydrogen-bond donors (Lipinski definition) is 1. The van der Waals surface area contributed by atoms with Crippen molar-refractivity contribution < 1.29 is 14.7 Å². The minimum atomic E-state index is -0.779. The minimum Gasteiger partial charge on any atom is -0.481 e. The molecule has 5 nitrogen and oxygen atoms in total. The molecule has 136 valence electrons. The zero-order valence-corrected chi connectivity index (χ0v) is 14.8. The standard InChI is InChI=1S/C21H24N2O3/c24-20(25)10-11-22-12-14-23(15-13-22)21(26)19-8-6-18(7-9-19)16-17-4-2-1-3-5-17/h1-9H,10-16H2,(H,24,25). The van der Waals surface area contributed by atoms with Gasteiger partial charge in [0.05, 0.1) is 6.42 Å². The van der Waals surface area contributed by atoms with E-state index in [1.807, 2.05) is 47.4 Å². The van der Waals surface area contributed by atoms with E-state index in [4.69, 9.17) is 5.11 Å². The summed E-state index contributed by atoms with van der Waals surface area (Å²) in [5.41, 5.74) is 3.15. The van der Waals surface area contributed by atoms with Crippen LogP contribution in [0.3, 0.4) is 0 Å². The lowest BCUT2D eigenvalue weighted by Crippen LogP contribution is -2.49. The van der Waals surface area contributed by atoms with E-state index in [1.165, 1.54) is 11.1 Å². The number of carboxylic acids is 1. The normalized spacial score (nSPS) is 15.0. The maximum Gasteiger partial charge on any atom is 0.304 e. The molecule has 1 N–H and O–H groups in total. The predicted octanol–water partition coefficient (Wildman–Crippen LogP) is 2.51. The van der Waals surface area contributed by atoms with Gasteiger partial charge in [-0.15, -0.1) is 0 Å². The van der Waals surface area contributed by atoms with Gasteiger partial charge in [0.1, 0.15) is 0 Å². The molecule has 1 fully saturated rings. The van der Waals surface area contributed by atoms with E-state index in [0.29, 0.717) is 25.2 Å². The van der Waals surface area contributed by atoms with Gasteiger partial charge in [0.25, 0.3) is 5.91 Å². The number of nitrogens with zero attached hydrogens (tertiary/aromatic N) is 2. The second kappa shape index (κ2) is 8.63. The van der Waals surface area contributed by atoms with Crippen molar-refractivity contribution in [3.8, 4) is 0 Å². The number of rotatable bonds is 6. The van der Waals surface area contributed by atoms with E-state index in [2.05, 4.69) is 17.0 Å². The van der Waals surface area contributed by atoms with Gasteiger partial charge in [-0.05, 0) is 29.7 Å². The highest BCUT2D eigenvalue weighted by molar-refractivity contribution is 5.94. The van der Waals surface area contributed by atoms with E-state index in [1.54, 1.807) is 0 Å². The second-order valence-electron chi connectivity index (χ2n) is 6.64. The second-order valence-corrected chi connectivity index (χ2v) is 6.64. The van der Waals surface area contributed by atoms with Crippen LogP contribution in [0, 0.1) is 0 Å². The molecule has 0 spiro atoms. The Bertz CT molecular complexity index is 736. The third-order valence-corrected chi connectivity index (χ3v) is 4.75. The molecule has 0 bridgehead atoms. The van der Waals surface area contributed by atoms with Gasteiger partial charge in [-0.2, -0.15) is 0 Å². The van der Waals surface area contributed by atoms with Crippen LogP contribution in [-0.2, 0) is 11.2 Å². The summed E-state index contributed by atoms with van der Waals surface area (Å²) in [6.45, 7) is 3.29. The maximum absolute atomic E-state index is 12.7. The van der Waals surface area contributed by atoms with Crippen molar-refractivity contribution in [1.29, 1.82) is 0 Å². The van der Waals surface area contributed by atoms with Crippen LogP contribution in [0.25, 0.3) is 0 Å². The van der Waals surface area contributed by atoms with Gasteiger partial charge in [0, 0.05) is 38.3 Å². The summed E-state index contributed by atoms with van der Waals surface area (Å²) >= 11 is 0. The minimum absolute atomic E-state index is 0.0501. The molecule has 1 aliphatic heterocycles. The van der Waals surface area contributed by atoms with E-state index in [9.17, 15) is 9.59 Å². The molecule has 0 radical (unpaired) electrons. The Balaban J connectivity index is 1.53. The van der Waals surface area contributed by atoms with Crippen molar-refractivity contribution in [3.63, 3.8) is 0 Å². The van der Waals surface area contributed by atoms with Gasteiger partial charge in [-0.3, -0.25) is 14.5 Å². The fourth-order valence-corrected chi connectivity index (χ4v) is 3.21. The number of hydrogen-bond acceptors (Lipinski definition) is 3. The van der Waals surface area contributed by atoms with Crippen LogP contribution in [0.1, 0.15) is 27.9 Å². The molecule has 0 atom stereocenters. The quantitative estimate of drug-likeness (QED) is 0.868. The van der Waals surface area contributed by atoms with Crippen molar-refractivity contribution in [3.05, 3.63) is 71.3 Å². The number of piperazine rings is 1. The van der Waals surface area contributed by atoms with Crippen molar-refractivity contribution in [2.24, 2.45) is 0 Å². The number of carbonyl (C=O) groups is 2. The fourth-order valence-electron chi connectivity index (χ4n) is 3.21. The Hall–Kier alpha value is -2.66. The molecule has 0 unspecified atom stereocenters. The first kappa shape index (κ1) is 18.1. The summed E-state index contributed by atoms with van der Waals surface area (Å²) in [6, 6.07) is 18.1. The average molecular weight is 352 g/mol. The highest BCUT2D eigenvalue weighted by Crippen LogP contribution is 2.13. The largest absolute Gasteiger partial charge is 0.481 e. The molecular weight excluding hydrogens is 328 g/mol. The monoisotopic (exact) mass is 352 g/mol. The molecule has 0 aromatic heterocycles. The van der Waals surface area contributed by atoms with Crippen molar-refractivity contribution >= 4 is 11.9 Å². The predicted molar refractivity (Wildman–Crippen MR) is 100 cm³/mol. The lowest BCUT2D eigenvalue weighted by Gasteiger charge is -2.34. The van der Waals surface area contributed by atoms with Gasteiger partial charge >= 0.3 is 5.97 Å². The van der Waals surface area contributed by atoms with Gasteiger partial charge in [0.2, 0.25) is 0 Å². The summed E-state index contributed by atoms with van der Waals surface area (Å²) < 4.78 is 0. The third-order valence-electron chi connectivity index (χ3n) is 4.75. The number of aliphatic carboxylic acids is 1. The summed E-state index contributed by atoms with van der Waals surface area (Å²) in [6.07, 6.45) is 1.01. The topological polar surface area (TPSA) is 60.9 Å². The first-order chi connectivity index (χ1) is 12.6. The lowest BCUT2D eigenvalue weighted by atomic mass is 10.0. The Kier molecular flexibility index (Phi) is 6.02. The van der Waals surface area contributed by atoms with E-state index >= 15 is 0 Å². The average Bonchev–Trinajstić information content (AvgIpc) is 2.68. The van der Waals surface area contributed by atoms with Crippen LogP contribution < -0.4 is 0 Å². The van der Waals surface area contributed by atoms with E-state index < -0.39 is 5.97 Å². The summed E-state index contributed by atoms with van der Waals surface area (Å²) in [7, 11) is 0. The lowest BCUT2D eigenvalue weighted by molar-refractivity contribution is -0.137. The zero-order chi connectivity index (χ0) is 18.4. The van der Waals surface area contributed by atoms with Crippen LogP contribution in [-0.4, -0.2) is 59.5 Å². The first-order valence-corrected chi connectivity index (χ1v) is 8.98. The summed E-state index contributed by atoms with van der Waals surface area (Å²) in [5, 5.41) is 8.76. The van der Waals surface area contributed by atoms with Crippen LogP contribution in [0.15, 0.2) is 54.6 Å². The molecule has 3 rings (SSSR count). The Morgan fingerprint density at radius 1 is 0.846 bits per heavy atom. The number of benzene rings is 2. The van der Waals surface area contributed by atoms with Crippen molar-refractivity contribution in [1.82, 2.24) is 9.80 Å². The number of carbonyl (C=O) groups excluding carboxylic acids is 1. The highest BCUT2D eigenvalue weighted by atomic mass is 16.4. The van der Waals surface area contributed by atoms with Crippen LogP contribution in [0.2, 0.25) is 0 Å². The zero-order valence-electron chi connectivity index (χ0n) is 14.8. The Morgan fingerprint density at radius 2 is 1.46 bits per heavy atom. The highest BCUT2D eigenvalue weighted by Gasteiger charge is 2.22. The van der Waals surface area contributed by atoms with Gasteiger partial charge < -0.3 is 10.0 Å². The molecule has 26 heavy (non-hydrogen) atoms. The van der Waals surface area contributed by atoms with Crippen molar-refractivity contribution in [2.45, 2.75) is 12.8 Å². The molecular formula is C21H24N2O3. The van der Waals surface area contributed by atoms with Gasteiger partial charge in [-0.25, -0.2) is 0 Å². The molecule has 2 aromatic carbocycles. The Labute approximate surface area is 153 Å². The van der Waals surface area contributed by atoms with Crippen LogP contribution in [0.5, 0.6) is 0 Å². The third kappa shape index (κ3) is 4.92. The van der Waals surface area contributed by atoms with E-state index in [0.717, 1.165) is 19.5 Å². The van der Waals surface area contributed by atoms with E-state index in [-0.39, 0.29) is 12.3 Å². The fraction of sp³-hybridized carbons (Fsp3) is 0.333. The Morgan fingerprint density at radius 3 is 2.08 bits per heavy atom. The molecule has 1 saturated heterocycles. The molecule has 0 aliphatic carbocycles. The summed E-state index contributed by atoms with van der Waals surface area (Å²) in [4.78, 5) is 27.3. The molecule has 1 aliphatic rings. The number of amides is 1. The first-order valence-electron chi connectivity index (χ1n) is 8.98.